The number of ether oxygens (including phenoxy) is 1. The molecule has 140 valence electrons. The molecule has 1 aromatic heterocycles. The summed E-state index contributed by atoms with van der Waals surface area (Å²) in [7, 11) is 0. The molecule has 0 spiro atoms. The first-order valence-electron chi connectivity index (χ1n) is 8.41. The lowest BCUT2D eigenvalue weighted by Crippen LogP contribution is -2.57. The maximum atomic E-state index is 12.2. The Labute approximate surface area is 165 Å². The summed E-state index contributed by atoms with van der Waals surface area (Å²) in [6, 6.07) is 0.238. The lowest BCUT2D eigenvalue weighted by Gasteiger charge is -2.39. The SMILES string of the molecule is CC(C)(C)OC(=O)N1CCN2C(NCCn3ccnc3)=NCC2C1.I. The highest BCUT2D eigenvalue weighted by molar-refractivity contribution is 14.0. The molecule has 1 amide bonds. The molecule has 2 aliphatic rings. The molecule has 1 fully saturated rings. The minimum atomic E-state index is -0.458. The zero-order valence-corrected chi connectivity index (χ0v) is 17.3. The van der Waals surface area contributed by atoms with Crippen LogP contribution in [0.1, 0.15) is 20.8 Å². The number of nitrogens with zero attached hydrogens (tertiary/aromatic N) is 5. The Morgan fingerprint density at radius 3 is 2.88 bits per heavy atom. The number of carbonyl (C=O) groups is 1. The van der Waals surface area contributed by atoms with Crippen LogP contribution in [0.2, 0.25) is 0 Å². The second kappa shape index (κ2) is 8.24. The maximum absolute atomic E-state index is 12.2. The predicted octanol–water partition coefficient (Wildman–Crippen LogP) is 1.38. The quantitative estimate of drug-likeness (QED) is 0.688. The Balaban J connectivity index is 0.00000225. The van der Waals surface area contributed by atoms with Gasteiger partial charge in [0, 0.05) is 45.1 Å². The summed E-state index contributed by atoms with van der Waals surface area (Å²) in [4.78, 5) is 24.9. The topological polar surface area (TPSA) is 75.0 Å². The summed E-state index contributed by atoms with van der Waals surface area (Å²) < 4.78 is 7.49. The summed E-state index contributed by atoms with van der Waals surface area (Å²) in [6.45, 7) is 10.1. The molecule has 1 saturated heterocycles. The van der Waals surface area contributed by atoms with Gasteiger partial charge in [0.2, 0.25) is 0 Å². The van der Waals surface area contributed by atoms with Crippen LogP contribution < -0.4 is 5.32 Å². The number of hydrogen-bond donors (Lipinski definition) is 1. The molecule has 1 unspecified atom stereocenters. The van der Waals surface area contributed by atoms with Gasteiger partial charge in [-0.05, 0) is 20.8 Å². The van der Waals surface area contributed by atoms with Gasteiger partial charge in [-0.15, -0.1) is 24.0 Å². The van der Waals surface area contributed by atoms with Gasteiger partial charge in [0.15, 0.2) is 5.96 Å². The number of rotatable bonds is 3. The molecule has 1 atom stereocenters. The van der Waals surface area contributed by atoms with Gasteiger partial charge >= 0.3 is 6.09 Å². The van der Waals surface area contributed by atoms with Crippen molar-refractivity contribution in [3.05, 3.63) is 18.7 Å². The van der Waals surface area contributed by atoms with E-state index >= 15 is 0 Å². The van der Waals surface area contributed by atoms with E-state index < -0.39 is 5.60 Å². The lowest BCUT2D eigenvalue weighted by molar-refractivity contribution is 0.0137. The molecule has 0 aliphatic carbocycles. The van der Waals surface area contributed by atoms with E-state index in [2.05, 4.69) is 20.2 Å². The van der Waals surface area contributed by atoms with Gasteiger partial charge in [0.05, 0.1) is 18.9 Å². The van der Waals surface area contributed by atoms with E-state index in [1.54, 1.807) is 17.4 Å². The molecule has 3 rings (SSSR count). The van der Waals surface area contributed by atoms with Crippen molar-refractivity contribution in [2.75, 3.05) is 32.7 Å². The van der Waals surface area contributed by atoms with E-state index in [4.69, 9.17) is 4.74 Å². The van der Waals surface area contributed by atoms with Crippen LogP contribution in [0.25, 0.3) is 0 Å². The van der Waals surface area contributed by atoms with Crippen molar-refractivity contribution < 1.29 is 9.53 Å². The number of imidazole rings is 1. The molecule has 0 saturated carbocycles. The molecule has 1 N–H and O–H groups in total. The number of piperazine rings is 1. The summed E-state index contributed by atoms with van der Waals surface area (Å²) in [6.07, 6.45) is 5.30. The lowest BCUT2D eigenvalue weighted by atomic mass is 10.2. The zero-order valence-electron chi connectivity index (χ0n) is 15.0. The molecule has 0 aromatic carbocycles. The van der Waals surface area contributed by atoms with Crippen molar-refractivity contribution in [3.63, 3.8) is 0 Å². The maximum Gasteiger partial charge on any atom is 0.410 e. The van der Waals surface area contributed by atoms with E-state index in [0.717, 1.165) is 25.6 Å². The number of fused-ring (bicyclic) bond motifs is 1. The van der Waals surface area contributed by atoms with Crippen LogP contribution in [-0.2, 0) is 11.3 Å². The molecule has 0 radical (unpaired) electrons. The van der Waals surface area contributed by atoms with Crippen molar-refractivity contribution in [2.45, 2.75) is 39.0 Å². The Morgan fingerprint density at radius 1 is 1.40 bits per heavy atom. The van der Waals surface area contributed by atoms with Crippen molar-refractivity contribution in [2.24, 2.45) is 4.99 Å². The summed E-state index contributed by atoms with van der Waals surface area (Å²) >= 11 is 0. The number of nitrogens with one attached hydrogen (secondary N) is 1. The third kappa shape index (κ3) is 5.23. The number of hydrogen-bond acceptors (Lipinski definition) is 6. The number of aliphatic imine (C=N–C) groups is 1. The average molecular weight is 462 g/mol. The Morgan fingerprint density at radius 2 is 2.20 bits per heavy atom. The fraction of sp³-hybridized carbons (Fsp3) is 0.688. The largest absolute Gasteiger partial charge is 0.444 e. The minimum absolute atomic E-state index is 0. The molecule has 25 heavy (non-hydrogen) atoms. The predicted molar refractivity (Wildman–Crippen MR) is 106 cm³/mol. The number of guanidine groups is 1. The molecule has 8 nitrogen and oxygen atoms in total. The van der Waals surface area contributed by atoms with Gasteiger partial charge in [-0.1, -0.05) is 0 Å². The molecule has 9 heteroatoms. The van der Waals surface area contributed by atoms with Crippen molar-refractivity contribution >= 4 is 36.0 Å². The number of carbonyl (C=O) groups excluding carboxylic acids is 1. The Kier molecular flexibility index (Phi) is 6.53. The summed E-state index contributed by atoms with van der Waals surface area (Å²) in [5.41, 5.74) is -0.458. The van der Waals surface area contributed by atoms with Crippen LogP contribution in [0, 0.1) is 0 Å². The third-order valence-electron chi connectivity index (χ3n) is 4.07. The smallest absolute Gasteiger partial charge is 0.410 e. The summed E-state index contributed by atoms with van der Waals surface area (Å²) in [5.74, 6) is 0.934. The molecule has 1 aromatic rings. The van der Waals surface area contributed by atoms with E-state index in [9.17, 15) is 4.79 Å². The first-order chi connectivity index (χ1) is 11.4. The van der Waals surface area contributed by atoms with Crippen LogP contribution in [-0.4, -0.2) is 75.8 Å². The van der Waals surface area contributed by atoms with Gasteiger partial charge in [0.25, 0.3) is 0 Å². The average Bonchev–Trinajstić information content (AvgIpc) is 3.15. The highest BCUT2D eigenvalue weighted by atomic mass is 127. The first kappa shape index (κ1) is 19.8. The third-order valence-corrected chi connectivity index (χ3v) is 4.07. The first-order valence-corrected chi connectivity index (χ1v) is 8.41. The van der Waals surface area contributed by atoms with Gasteiger partial charge in [-0.2, -0.15) is 0 Å². The van der Waals surface area contributed by atoms with Crippen molar-refractivity contribution in [1.29, 1.82) is 0 Å². The highest BCUT2D eigenvalue weighted by Crippen LogP contribution is 2.18. The fourth-order valence-corrected chi connectivity index (χ4v) is 2.94. The molecule has 2 aliphatic heterocycles. The van der Waals surface area contributed by atoms with Crippen molar-refractivity contribution in [1.82, 2.24) is 24.7 Å². The van der Waals surface area contributed by atoms with E-state index in [1.807, 2.05) is 31.5 Å². The second-order valence-electron chi connectivity index (χ2n) is 7.17. The van der Waals surface area contributed by atoms with E-state index in [0.29, 0.717) is 19.6 Å². The monoisotopic (exact) mass is 462 g/mol. The second-order valence-corrected chi connectivity index (χ2v) is 7.17. The summed E-state index contributed by atoms with van der Waals surface area (Å²) in [5, 5.41) is 3.39. The number of aromatic nitrogens is 2. The normalized spacial score (nSPS) is 19.8. The number of amides is 1. The highest BCUT2D eigenvalue weighted by Gasteiger charge is 2.36. The van der Waals surface area contributed by atoms with Gasteiger partial charge in [0.1, 0.15) is 5.60 Å². The Bertz CT molecular complexity index is 598. The van der Waals surface area contributed by atoms with Gasteiger partial charge in [-0.3, -0.25) is 4.99 Å². The molecule has 3 heterocycles. The van der Waals surface area contributed by atoms with Crippen molar-refractivity contribution in [3.8, 4) is 0 Å². The van der Waals surface area contributed by atoms with Crippen LogP contribution >= 0.6 is 24.0 Å². The number of halogens is 1. The molecule has 0 bridgehead atoms. The van der Waals surface area contributed by atoms with Crippen LogP contribution in [0.4, 0.5) is 4.79 Å². The van der Waals surface area contributed by atoms with E-state index in [1.165, 1.54) is 0 Å². The minimum Gasteiger partial charge on any atom is -0.444 e. The molecular formula is C16H27IN6O2. The van der Waals surface area contributed by atoms with E-state index in [-0.39, 0.29) is 36.1 Å². The van der Waals surface area contributed by atoms with Crippen LogP contribution in [0.5, 0.6) is 0 Å². The van der Waals surface area contributed by atoms with Crippen LogP contribution in [0.15, 0.2) is 23.7 Å². The van der Waals surface area contributed by atoms with Gasteiger partial charge in [-0.25, -0.2) is 9.78 Å². The van der Waals surface area contributed by atoms with Crippen LogP contribution in [0.3, 0.4) is 0 Å². The standard InChI is InChI=1S/C16H26N6O2.HI/c1-16(2,3)24-15(23)21-8-9-22-13(11-21)10-19-14(22)18-5-7-20-6-4-17-12-20;/h4,6,12-13H,5,7-11H2,1-3H3,(H,18,19);1H. The Hall–Kier alpha value is -1.52. The zero-order chi connectivity index (χ0) is 17.2. The van der Waals surface area contributed by atoms with Gasteiger partial charge < -0.3 is 24.4 Å². The molecular weight excluding hydrogens is 435 g/mol. The fourth-order valence-electron chi connectivity index (χ4n) is 2.94.